The van der Waals surface area contributed by atoms with Crippen LogP contribution in [0.25, 0.3) is 0 Å². The monoisotopic (exact) mass is 438 g/mol. The summed E-state index contributed by atoms with van der Waals surface area (Å²) in [4.78, 5) is 18.9. The van der Waals surface area contributed by atoms with Crippen LogP contribution in [0.4, 0.5) is 0 Å². The molecule has 170 valence electrons. The molecule has 1 aliphatic carbocycles. The minimum Gasteiger partial charge on any atom is -0.481 e. The predicted octanol–water partition coefficient (Wildman–Crippen LogP) is 3.34. The Bertz CT molecular complexity index is 949. The summed E-state index contributed by atoms with van der Waals surface area (Å²) >= 11 is 0. The average molecular weight is 439 g/mol. The number of ether oxygens (including phenoxy) is 3. The van der Waals surface area contributed by atoms with Gasteiger partial charge in [-0.25, -0.2) is 4.99 Å². The quantitative estimate of drug-likeness (QED) is 0.714. The molecule has 0 bridgehead atoms. The second-order valence-corrected chi connectivity index (χ2v) is 8.78. The summed E-state index contributed by atoms with van der Waals surface area (Å²) in [5, 5.41) is 10.0. The van der Waals surface area contributed by atoms with E-state index >= 15 is 0 Å². The van der Waals surface area contributed by atoms with Gasteiger partial charge in [-0.2, -0.15) is 0 Å². The van der Waals surface area contributed by atoms with Gasteiger partial charge in [-0.3, -0.25) is 4.79 Å². The van der Waals surface area contributed by atoms with E-state index in [-0.39, 0.29) is 0 Å². The summed E-state index contributed by atoms with van der Waals surface area (Å²) in [6.45, 7) is 2.60. The number of hydrogen-bond donors (Lipinski definition) is 1. The van der Waals surface area contributed by atoms with Crippen molar-refractivity contribution in [3.8, 4) is 0 Å². The van der Waals surface area contributed by atoms with Crippen LogP contribution < -0.4 is 0 Å². The molecule has 1 fully saturated rings. The molecule has 0 saturated heterocycles. The molecule has 7 heteroatoms. The van der Waals surface area contributed by atoms with Crippen LogP contribution in [0.1, 0.15) is 24.5 Å². The zero-order valence-electron chi connectivity index (χ0n) is 18.7. The molecular weight excluding hydrogens is 408 g/mol. The molecule has 2 aromatic rings. The SMILES string of the molecule is CN(C)C1=N[C@@]2(C)[C@H](C[C@H](C(=O)O)[C@@H](OCc3ccccc3)[C@@H]2OCc2ccccc2)O1. The summed E-state index contributed by atoms with van der Waals surface area (Å²) in [6.07, 6.45) is -1.37. The summed E-state index contributed by atoms with van der Waals surface area (Å²) in [6, 6.07) is 20.0. The number of benzene rings is 2. The second kappa shape index (κ2) is 9.30. The molecule has 0 spiro atoms. The number of aliphatic imine (C=N–C) groups is 1. The number of carboxylic acids is 1. The fraction of sp³-hybridized carbons (Fsp3) is 0.440. The van der Waals surface area contributed by atoms with Gasteiger partial charge in [-0.15, -0.1) is 0 Å². The Morgan fingerprint density at radius 1 is 1.06 bits per heavy atom. The first kappa shape index (κ1) is 22.3. The van der Waals surface area contributed by atoms with Gasteiger partial charge >= 0.3 is 5.97 Å². The predicted molar refractivity (Wildman–Crippen MR) is 120 cm³/mol. The third kappa shape index (κ3) is 4.49. The first-order valence-electron chi connectivity index (χ1n) is 10.9. The van der Waals surface area contributed by atoms with Crippen molar-refractivity contribution in [3.63, 3.8) is 0 Å². The van der Waals surface area contributed by atoms with Crippen molar-refractivity contribution in [2.75, 3.05) is 14.1 Å². The average Bonchev–Trinajstić information content (AvgIpc) is 3.14. The number of nitrogens with zero attached hydrogens (tertiary/aromatic N) is 2. The Hall–Kier alpha value is -2.90. The van der Waals surface area contributed by atoms with Crippen molar-refractivity contribution in [1.29, 1.82) is 0 Å². The van der Waals surface area contributed by atoms with Crippen molar-refractivity contribution < 1.29 is 24.1 Å². The number of aliphatic carboxylic acids is 1. The van der Waals surface area contributed by atoms with Crippen LogP contribution in [0.2, 0.25) is 0 Å². The number of amidine groups is 1. The van der Waals surface area contributed by atoms with Crippen molar-refractivity contribution in [2.45, 2.75) is 50.4 Å². The summed E-state index contributed by atoms with van der Waals surface area (Å²) < 4.78 is 18.8. The molecule has 0 radical (unpaired) electrons. The molecule has 2 aromatic carbocycles. The number of carbonyl (C=O) groups is 1. The van der Waals surface area contributed by atoms with Gasteiger partial charge in [-0.05, 0) is 18.1 Å². The Morgan fingerprint density at radius 2 is 1.62 bits per heavy atom. The third-order valence-corrected chi connectivity index (χ3v) is 6.23. The number of hydrogen-bond acceptors (Lipinski definition) is 6. The molecule has 2 aliphatic rings. The lowest BCUT2D eigenvalue weighted by Gasteiger charge is -2.46. The van der Waals surface area contributed by atoms with Crippen LogP contribution in [-0.2, 0) is 32.2 Å². The normalized spacial score (nSPS) is 29.0. The minimum atomic E-state index is -0.916. The molecule has 1 saturated carbocycles. The Morgan fingerprint density at radius 3 is 2.16 bits per heavy atom. The van der Waals surface area contributed by atoms with E-state index in [0.717, 1.165) is 11.1 Å². The van der Waals surface area contributed by atoms with Gasteiger partial charge in [0, 0.05) is 20.5 Å². The van der Waals surface area contributed by atoms with E-state index in [9.17, 15) is 9.90 Å². The maximum Gasteiger partial charge on any atom is 0.309 e. The van der Waals surface area contributed by atoms with Crippen molar-refractivity contribution in [3.05, 3.63) is 71.8 Å². The molecular formula is C25H30N2O5. The lowest BCUT2D eigenvalue weighted by molar-refractivity contribution is -0.188. The van der Waals surface area contributed by atoms with Gasteiger partial charge in [0.15, 0.2) is 0 Å². The van der Waals surface area contributed by atoms with Gasteiger partial charge in [0.1, 0.15) is 23.9 Å². The van der Waals surface area contributed by atoms with E-state index < -0.39 is 35.7 Å². The first-order valence-corrected chi connectivity index (χ1v) is 10.9. The molecule has 32 heavy (non-hydrogen) atoms. The van der Waals surface area contributed by atoms with Crippen LogP contribution >= 0.6 is 0 Å². The Kier molecular flexibility index (Phi) is 6.48. The number of fused-ring (bicyclic) bond motifs is 1. The standard InChI is InChI=1S/C25H30N2O5/c1-25-20(32-24(26-25)27(2)3)14-19(23(28)29)21(30-15-17-10-6-4-7-11-17)22(25)31-16-18-12-8-5-9-13-18/h4-13,19-22H,14-16H2,1-3H3,(H,28,29)/t19-,20-,21+,22-,25-/m0/s1. The minimum absolute atomic E-state index is 0.298. The van der Waals surface area contributed by atoms with E-state index in [4.69, 9.17) is 19.2 Å². The molecule has 5 atom stereocenters. The van der Waals surface area contributed by atoms with Gasteiger partial charge in [-0.1, -0.05) is 60.7 Å². The van der Waals surface area contributed by atoms with Crippen molar-refractivity contribution >= 4 is 12.0 Å². The summed E-state index contributed by atoms with van der Waals surface area (Å²) in [5.74, 6) is -1.69. The molecule has 1 N–H and O–H groups in total. The molecule has 0 unspecified atom stereocenters. The van der Waals surface area contributed by atoms with Crippen LogP contribution in [0.5, 0.6) is 0 Å². The topological polar surface area (TPSA) is 80.6 Å². The largest absolute Gasteiger partial charge is 0.481 e. The smallest absolute Gasteiger partial charge is 0.309 e. The molecule has 0 aromatic heterocycles. The highest BCUT2D eigenvalue weighted by molar-refractivity contribution is 5.77. The van der Waals surface area contributed by atoms with Gasteiger partial charge in [0.05, 0.1) is 19.1 Å². The molecule has 1 heterocycles. The van der Waals surface area contributed by atoms with Crippen molar-refractivity contribution in [2.24, 2.45) is 10.9 Å². The molecule has 0 amide bonds. The van der Waals surface area contributed by atoms with E-state index in [1.54, 1.807) is 4.90 Å². The summed E-state index contributed by atoms with van der Waals surface area (Å²) in [7, 11) is 3.72. The Balaban J connectivity index is 1.65. The van der Waals surface area contributed by atoms with Crippen LogP contribution in [0.15, 0.2) is 65.7 Å². The fourth-order valence-electron chi connectivity index (χ4n) is 4.43. The van der Waals surface area contributed by atoms with Gasteiger partial charge < -0.3 is 24.2 Å². The first-order chi connectivity index (χ1) is 15.4. The van der Waals surface area contributed by atoms with E-state index in [2.05, 4.69) is 0 Å². The zero-order chi connectivity index (χ0) is 22.7. The van der Waals surface area contributed by atoms with Crippen molar-refractivity contribution in [1.82, 2.24) is 4.90 Å². The second-order valence-electron chi connectivity index (χ2n) is 8.78. The third-order valence-electron chi connectivity index (χ3n) is 6.23. The molecule has 1 aliphatic heterocycles. The van der Waals surface area contributed by atoms with E-state index in [1.165, 1.54) is 0 Å². The number of carboxylic acid groups (broad SMARTS) is 1. The van der Waals surface area contributed by atoms with Crippen LogP contribution in [0, 0.1) is 5.92 Å². The lowest BCUT2D eigenvalue weighted by Crippen LogP contribution is -2.62. The van der Waals surface area contributed by atoms with E-state index in [0.29, 0.717) is 25.7 Å². The summed E-state index contributed by atoms with van der Waals surface area (Å²) in [5.41, 5.74) is 1.22. The van der Waals surface area contributed by atoms with Gasteiger partial charge in [0.2, 0.25) is 0 Å². The lowest BCUT2D eigenvalue weighted by atomic mass is 9.71. The Labute approximate surface area is 188 Å². The highest BCUT2D eigenvalue weighted by Gasteiger charge is 2.60. The molecule has 7 nitrogen and oxygen atoms in total. The van der Waals surface area contributed by atoms with Crippen LogP contribution in [0.3, 0.4) is 0 Å². The highest BCUT2D eigenvalue weighted by atomic mass is 16.6. The highest BCUT2D eigenvalue weighted by Crippen LogP contribution is 2.44. The maximum atomic E-state index is 12.3. The number of rotatable bonds is 7. The zero-order valence-corrected chi connectivity index (χ0v) is 18.7. The van der Waals surface area contributed by atoms with E-state index in [1.807, 2.05) is 81.7 Å². The van der Waals surface area contributed by atoms with Gasteiger partial charge in [0.25, 0.3) is 6.02 Å². The molecule has 4 rings (SSSR count). The van der Waals surface area contributed by atoms with Crippen LogP contribution in [-0.4, -0.2) is 59.9 Å². The maximum absolute atomic E-state index is 12.3. The fourth-order valence-corrected chi connectivity index (χ4v) is 4.43.